The lowest BCUT2D eigenvalue weighted by molar-refractivity contribution is 1.37. The first-order chi connectivity index (χ1) is 26.8. The highest BCUT2D eigenvalue weighted by Gasteiger charge is 2.30. The maximum absolute atomic E-state index is 5.50. The Morgan fingerprint density at radius 3 is 1.57 bits per heavy atom. The molecule has 0 radical (unpaired) electrons. The Hall–Kier alpha value is -7.16. The van der Waals surface area contributed by atoms with Crippen LogP contribution < -0.4 is 0 Å². The van der Waals surface area contributed by atoms with Crippen molar-refractivity contribution in [2.45, 2.75) is 0 Å². The van der Waals surface area contributed by atoms with E-state index in [9.17, 15) is 0 Å². The van der Waals surface area contributed by atoms with Crippen molar-refractivity contribution < 1.29 is 0 Å². The van der Waals surface area contributed by atoms with Crippen LogP contribution in [-0.2, 0) is 0 Å². The van der Waals surface area contributed by atoms with Gasteiger partial charge in [0.25, 0.3) is 0 Å². The molecule has 250 valence electrons. The van der Waals surface area contributed by atoms with Crippen LogP contribution >= 0.6 is 0 Å². The fourth-order valence-corrected chi connectivity index (χ4v) is 8.57. The second kappa shape index (κ2) is 12.2. The van der Waals surface area contributed by atoms with E-state index < -0.39 is 0 Å². The lowest BCUT2D eigenvalue weighted by Gasteiger charge is -2.21. The van der Waals surface area contributed by atoms with Crippen LogP contribution in [0, 0.1) is 0 Å². The third-order valence-corrected chi connectivity index (χ3v) is 11.0. The van der Waals surface area contributed by atoms with Crippen molar-refractivity contribution >= 4 is 32.6 Å². The van der Waals surface area contributed by atoms with Gasteiger partial charge in [-0.15, -0.1) is 0 Å². The first-order valence-corrected chi connectivity index (χ1v) is 18.5. The van der Waals surface area contributed by atoms with Gasteiger partial charge in [0.15, 0.2) is 0 Å². The van der Waals surface area contributed by atoms with Gasteiger partial charge < -0.3 is 0 Å². The number of rotatable bonds is 5. The van der Waals surface area contributed by atoms with Crippen molar-refractivity contribution in [2.75, 3.05) is 0 Å². The van der Waals surface area contributed by atoms with E-state index in [-0.39, 0.29) is 0 Å². The predicted molar refractivity (Wildman–Crippen MR) is 226 cm³/mol. The van der Waals surface area contributed by atoms with Gasteiger partial charge >= 0.3 is 0 Å². The van der Waals surface area contributed by atoms with Crippen molar-refractivity contribution in [1.29, 1.82) is 0 Å². The van der Waals surface area contributed by atoms with Crippen molar-refractivity contribution in [2.24, 2.45) is 0 Å². The monoisotopic (exact) mass is 684 g/mol. The topological polar surface area (TPSA) is 25.8 Å². The predicted octanol–water partition coefficient (Wildman–Crippen LogP) is 13.9. The molecule has 11 rings (SSSR count). The quantitative estimate of drug-likeness (QED) is 0.169. The highest BCUT2D eigenvalue weighted by atomic mass is 14.8. The van der Waals surface area contributed by atoms with Crippen LogP contribution in [0.3, 0.4) is 0 Å². The highest BCUT2D eigenvalue weighted by molar-refractivity contribution is 6.23. The van der Waals surface area contributed by atoms with E-state index in [2.05, 4.69) is 182 Å². The average Bonchev–Trinajstić information content (AvgIpc) is 3.59. The SMILES string of the molecule is c1ccc(-c2cccc(-c3cc(-c4ccc5ccc6cccnc6c5n4)c(-c4cccc(-c5ccccc5)c4)c4c3-c3cccc5cccc-4c35)c2)cc1. The minimum Gasteiger partial charge on any atom is -0.254 e. The van der Waals surface area contributed by atoms with Gasteiger partial charge in [0.2, 0.25) is 0 Å². The summed E-state index contributed by atoms with van der Waals surface area (Å²) in [7, 11) is 0. The number of nitrogens with zero attached hydrogens (tertiary/aromatic N) is 2. The van der Waals surface area contributed by atoms with Crippen molar-refractivity contribution in [3.8, 4) is 78.0 Å². The summed E-state index contributed by atoms with van der Waals surface area (Å²) in [5, 5.41) is 4.71. The van der Waals surface area contributed by atoms with Crippen LogP contribution in [0.2, 0.25) is 0 Å². The maximum Gasteiger partial charge on any atom is 0.0972 e. The Morgan fingerprint density at radius 2 is 0.852 bits per heavy atom. The summed E-state index contributed by atoms with van der Waals surface area (Å²) in [6.07, 6.45) is 1.86. The van der Waals surface area contributed by atoms with Crippen molar-refractivity contribution in [3.63, 3.8) is 0 Å². The Bertz CT molecular complexity index is 3080. The lowest BCUT2D eigenvalue weighted by atomic mass is 9.82. The highest BCUT2D eigenvalue weighted by Crippen LogP contribution is 2.57. The van der Waals surface area contributed by atoms with Gasteiger partial charge in [-0.2, -0.15) is 0 Å². The first-order valence-electron chi connectivity index (χ1n) is 18.5. The second-order valence-electron chi connectivity index (χ2n) is 14.1. The van der Waals surface area contributed by atoms with E-state index in [4.69, 9.17) is 9.97 Å². The standard InChI is InChI=1S/C52H32N2/c1-3-12-33(13-4-1)38-18-7-20-40(30-38)44-32-45(46-28-27-37-26-25-36-22-11-29-53-51(36)52(37)54-46)48(41-21-8-19-39(31-41)34-14-5-2-6-15-34)50-43-24-10-17-35-16-9-23-42(47(35)43)49(44)50/h1-32H. The molecule has 8 aromatic carbocycles. The Balaban J connectivity index is 1.28. The van der Waals surface area contributed by atoms with E-state index >= 15 is 0 Å². The molecule has 0 amide bonds. The van der Waals surface area contributed by atoms with Crippen LogP contribution in [0.25, 0.3) is 111 Å². The summed E-state index contributed by atoms with van der Waals surface area (Å²) < 4.78 is 0. The number of benzene rings is 8. The minimum absolute atomic E-state index is 0.910. The van der Waals surface area contributed by atoms with E-state index in [0.29, 0.717) is 0 Å². The van der Waals surface area contributed by atoms with Crippen molar-refractivity contribution in [3.05, 3.63) is 194 Å². The fraction of sp³-hybridized carbons (Fsp3) is 0. The fourth-order valence-electron chi connectivity index (χ4n) is 8.57. The zero-order valence-electron chi connectivity index (χ0n) is 29.4. The van der Waals surface area contributed by atoms with Gasteiger partial charge in [-0.05, 0) is 108 Å². The van der Waals surface area contributed by atoms with Crippen LogP contribution in [0.4, 0.5) is 0 Å². The molecule has 0 aliphatic heterocycles. The molecule has 1 aliphatic rings. The Kier molecular flexibility index (Phi) is 6.90. The normalized spacial score (nSPS) is 11.7. The second-order valence-corrected chi connectivity index (χ2v) is 14.1. The molecule has 0 saturated heterocycles. The van der Waals surface area contributed by atoms with E-state index in [1.165, 1.54) is 72.0 Å². The molecule has 10 aromatic rings. The average molecular weight is 685 g/mol. The molecular formula is C52H32N2. The van der Waals surface area contributed by atoms with Gasteiger partial charge in [-0.25, -0.2) is 4.98 Å². The van der Waals surface area contributed by atoms with Gasteiger partial charge in [-0.1, -0.05) is 158 Å². The zero-order chi connectivity index (χ0) is 35.6. The molecule has 2 heterocycles. The van der Waals surface area contributed by atoms with Gasteiger partial charge in [0.1, 0.15) is 0 Å². The third-order valence-electron chi connectivity index (χ3n) is 11.0. The number of aromatic nitrogens is 2. The van der Waals surface area contributed by atoms with Crippen LogP contribution in [0.15, 0.2) is 194 Å². The molecule has 0 unspecified atom stereocenters. The number of hydrogen-bond donors (Lipinski definition) is 0. The minimum atomic E-state index is 0.910. The molecular weight excluding hydrogens is 653 g/mol. The lowest BCUT2D eigenvalue weighted by Crippen LogP contribution is -1.97. The molecule has 0 fully saturated rings. The molecule has 0 bridgehead atoms. The Morgan fingerprint density at radius 1 is 0.296 bits per heavy atom. The maximum atomic E-state index is 5.50. The molecule has 0 spiro atoms. The summed E-state index contributed by atoms with van der Waals surface area (Å²) in [6.45, 7) is 0. The van der Waals surface area contributed by atoms with Gasteiger partial charge in [-0.3, -0.25) is 4.98 Å². The molecule has 1 aliphatic carbocycles. The summed E-state index contributed by atoms with van der Waals surface area (Å²) in [5.41, 5.74) is 18.4. The molecule has 2 aromatic heterocycles. The molecule has 0 atom stereocenters. The number of fused-ring (bicyclic) bond motifs is 6. The Labute approximate surface area is 313 Å². The molecule has 54 heavy (non-hydrogen) atoms. The molecule has 2 nitrogen and oxygen atoms in total. The van der Waals surface area contributed by atoms with Crippen LogP contribution in [0.1, 0.15) is 0 Å². The van der Waals surface area contributed by atoms with Crippen LogP contribution in [-0.4, -0.2) is 9.97 Å². The van der Waals surface area contributed by atoms with Crippen LogP contribution in [0.5, 0.6) is 0 Å². The van der Waals surface area contributed by atoms with Gasteiger partial charge in [0, 0.05) is 22.5 Å². The third kappa shape index (κ3) is 4.81. The molecule has 0 saturated carbocycles. The zero-order valence-corrected chi connectivity index (χ0v) is 29.4. The van der Waals surface area contributed by atoms with E-state index in [0.717, 1.165) is 38.6 Å². The van der Waals surface area contributed by atoms with Crippen molar-refractivity contribution in [1.82, 2.24) is 9.97 Å². The smallest absolute Gasteiger partial charge is 0.0972 e. The van der Waals surface area contributed by atoms with E-state index in [1.54, 1.807) is 0 Å². The largest absolute Gasteiger partial charge is 0.254 e. The van der Waals surface area contributed by atoms with E-state index in [1.807, 2.05) is 12.3 Å². The summed E-state index contributed by atoms with van der Waals surface area (Å²) >= 11 is 0. The summed E-state index contributed by atoms with van der Waals surface area (Å²) in [4.78, 5) is 10.3. The number of pyridine rings is 2. The molecule has 0 N–H and O–H groups in total. The summed E-state index contributed by atoms with van der Waals surface area (Å²) in [6, 6.07) is 68.1. The number of hydrogen-bond acceptors (Lipinski definition) is 2. The summed E-state index contributed by atoms with van der Waals surface area (Å²) in [5.74, 6) is 0. The molecule has 2 heteroatoms. The first kappa shape index (κ1) is 30.5. The van der Waals surface area contributed by atoms with Gasteiger partial charge in [0.05, 0.1) is 16.7 Å².